The average molecular weight is 411 g/mol. The van der Waals surface area contributed by atoms with E-state index >= 15 is 0 Å². The van der Waals surface area contributed by atoms with Crippen LogP contribution in [0.4, 0.5) is 0 Å². The molecule has 1 aliphatic rings. The van der Waals surface area contributed by atoms with Gasteiger partial charge in [0.2, 0.25) is 18.6 Å². The van der Waals surface area contributed by atoms with E-state index < -0.39 is 6.04 Å². The summed E-state index contributed by atoms with van der Waals surface area (Å²) < 4.78 is 10.8. The van der Waals surface area contributed by atoms with Crippen molar-refractivity contribution < 1.29 is 19.1 Å². The summed E-state index contributed by atoms with van der Waals surface area (Å²) in [5, 5.41) is 2.87. The van der Waals surface area contributed by atoms with E-state index in [2.05, 4.69) is 5.32 Å². The first-order chi connectivity index (χ1) is 14.6. The van der Waals surface area contributed by atoms with Crippen molar-refractivity contribution in [2.24, 2.45) is 0 Å². The summed E-state index contributed by atoms with van der Waals surface area (Å²) in [6.45, 7) is 5.13. The van der Waals surface area contributed by atoms with Crippen LogP contribution in [0.15, 0.2) is 48.5 Å². The Balaban J connectivity index is 1.68. The highest BCUT2D eigenvalue weighted by molar-refractivity contribution is 5.87. The SMILES string of the molecule is CCNC(=O)[C@H](CC)N(CCc1ccccc1)C(=O)CCc1ccc2c(c1)OCO2. The first-order valence-corrected chi connectivity index (χ1v) is 10.6. The van der Waals surface area contributed by atoms with Crippen molar-refractivity contribution in [3.8, 4) is 11.5 Å². The zero-order valence-electron chi connectivity index (χ0n) is 17.7. The summed E-state index contributed by atoms with van der Waals surface area (Å²) in [7, 11) is 0. The highest BCUT2D eigenvalue weighted by atomic mass is 16.7. The van der Waals surface area contributed by atoms with Crippen LogP contribution in [0.25, 0.3) is 0 Å². The molecular weight excluding hydrogens is 380 g/mol. The fraction of sp³-hybridized carbons (Fsp3) is 0.417. The minimum absolute atomic E-state index is 0.0123. The molecule has 1 atom stereocenters. The minimum Gasteiger partial charge on any atom is -0.454 e. The van der Waals surface area contributed by atoms with E-state index in [9.17, 15) is 9.59 Å². The van der Waals surface area contributed by atoms with Gasteiger partial charge in [-0.25, -0.2) is 0 Å². The van der Waals surface area contributed by atoms with E-state index in [1.54, 1.807) is 4.90 Å². The van der Waals surface area contributed by atoms with Gasteiger partial charge in [0.05, 0.1) is 0 Å². The van der Waals surface area contributed by atoms with Gasteiger partial charge in [-0.15, -0.1) is 0 Å². The van der Waals surface area contributed by atoms with E-state index in [-0.39, 0.29) is 18.6 Å². The van der Waals surface area contributed by atoms with Gasteiger partial charge in [-0.2, -0.15) is 0 Å². The third kappa shape index (κ3) is 5.53. The highest BCUT2D eigenvalue weighted by Crippen LogP contribution is 2.32. The van der Waals surface area contributed by atoms with Crippen LogP contribution >= 0.6 is 0 Å². The number of ether oxygens (including phenoxy) is 2. The Bertz CT molecular complexity index is 854. The number of benzene rings is 2. The van der Waals surface area contributed by atoms with Crippen molar-refractivity contribution in [3.63, 3.8) is 0 Å². The maximum Gasteiger partial charge on any atom is 0.242 e. The van der Waals surface area contributed by atoms with Gasteiger partial charge < -0.3 is 19.7 Å². The molecule has 2 aromatic carbocycles. The molecule has 0 aromatic heterocycles. The minimum atomic E-state index is -0.460. The zero-order chi connectivity index (χ0) is 21.3. The molecule has 2 amide bonds. The number of carbonyl (C=O) groups is 2. The number of amides is 2. The Labute approximate surface area is 178 Å². The molecule has 3 rings (SSSR count). The molecule has 0 radical (unpaired) electrons. The molecule has 6 nitrogen and oxygen atoms in total. The van der Waals surface area contributed by atoms with Gasteiger partial charge >= 0.3 is 0 Å². The molecule has 0 saturated heterocycles. The molecule has 6 heteroatoms. The van der Waals surface area contributed by atoms with Crippen molar-refractivity contribution in [1.82, 2.24) is 10.2 Å². The third-order valence-corrected chi connectivity index (χ3v) is 5.29. The van der Waals surface area contributed by atoms with Gasteiger partial charge in [0.15, 0.2) is 11.5 Å². The molecule has 0 unspecified atom stereocenters. The lowest BCUT2D eigenvalue weighted by atomic mass is 10.1. The van der Waals surface area contributed by atoms with Gasteiger partial charge in [-0.05, 0) is 49.4 Å². The smallest absolute Gasteiger partial charge is 0.242 e. The molecule has 2 aromatic rings. The summed E-state index contributed by atoms with van der Waals surface area (Å²) in [6.07, 6.45) is 2.22. The molecule has 0 fully saturated rings. The maximum absolute atomic E-state index is 13.2. The number of rotatable bonds is 10. The van der Waals surface area contributed by atoms with E-state index in [1.165, 1.54) is 0 Å². The second kappa shape index (κ2) is 10.7. The number of likely N-dealkylation sites (N-methyl/N-ethyl adjacent to an activating group) is 1. The van der Waals surface area contributed by atoms with Gasteiger partial charge in [-0.3, -0.25) is 9.59 Å². The second-order valence-electron chi connectivity index (χ2n) is 7.33. The van der Waals surface area contributed by atoms with Gasteiger partial charge in [0.25, 0.3) is 0 Å². The average Bonchev–Trinajstić information content (AvgIpc) is 3.23. The number of carbonyl (C=O) groups excluding carboxylic acids is 2. The Morgan fingerprint density at radius 2 is 1.77 bits per heavy atom. The number of aryl methyl sites for hydroxylation is 1. The quantitative estimate of drug-likeness (QED) is 0.652. The van der Waals surface area contributed by atoms with Gasteiger partial charge in [0, 0.05) is 19.5 Å². The lowest BCUT2D eigenvalue weighted by Crippen LogP contribution is -2.50. The molecule has 1 heterocycles. The van der Waals surface area contributed by atoms with Gasteiger partial charge in [0.1, 0.15) is 6.04 Å². The third-order valence-electron chi connectivity index (χ3n) is 5.29. The van der Waals surface area contributed by atoms with Crippen LogP contribution in [0.5, 0.6) is 11.5 Å². The fourth-order valence-electron chi connectivity index (χ4n) is 3.68. The predicted molar refractivity (Wildman–Crippen MR) is 116 cm³/mol. The normalized spacial score (nSPS) is 13.0. The number of hydrogen-bond donors (Lipinski definition) is 1. The standard InChI is InChI=1S/C24H30N2O4/c1-3-20(24(28)25-4-2)26(15-14-18-8-6-5-7-9-18)23(27)13-11-19-10-12-21-22(16-19)30-17-29-21/h5-10,12,16,20H,3-4,11,13-15,17H2,1-2H3,(H,25,28)/t20-/m0/s1. The molecule has 1 N–H and O–H groups in total. The number of nitrogens with one attached hydrogen (secondary N) is 1. The van der Waals surface area contributed by atoms with E-state index in [1.807, 2.05) is 62.4 Å². The largest absolute Gasteiger partial charge is 0.454 e. The Morgan fingerprint density at radius 1 is 1.00 bits per heavy atom. The summed E-state index contributed by atoms with van der Waals surface area (Å²) in [5.41, 5.74) is 2.17. The van der Waals surface area contributed by atoms with Crippen molar-refractivity contribution in [2.45, 2.75) is 45.6 Å². The molecule has 0 aliphatic carbocycles. The molecular formula is C24H30N2O4. The van der Waals surface area contributed by atoms with Crippen LogP contribution < -0.4 is 14.8 Å². The number of nitrogens with zero attached hydrogens (tertiary/aromatic N) is 1. The molecule has 0 spiro atoms. The van der Waals surface area contributed by atoms with Crippen LogP contribution in [0, 0.1) is 0 Å². The lowest BCUT2D eigenvalue weighted by Gasteiger charge is -2.30. The topological polar surface area (TPSA) is 67.9 Å². The first kappa shape index (κ1) is 21.7. The molecule has 160 valence electrons. The lowest BCUT2D eigenvalue weighted by molar-refractivity contribution is -0.140. The van der Waals surface area contributed by atoms with Crippen LogP contribution in [0.3, 0.4) is 0 Å². The van der Waals surface area contributed by atoms with Gasteiger partial charge in [-0.1, -0.05) is 43.3 Å². The molecule has 0 bridgehead atoms. The van der Waals surface area contributed by atoms with Crippen LogP contribution in [0.2, 0.25) is 0 Å². The Hall–Kier alpha value is -3.02. The van der Waals surface area contributed by atoms with Crippen molar-refractivity contribution in [1.29, 1.82) is 0 Å². The maximum atomic E-state index is 13.2. The van der Waals surface area contributed by atoms with E-state index in [0.717, 1.165) is 22.6 Å². The zero-order valence-corrected chi connectivity index (χ0v) is 17.7. The fourth-order valence-corrected chi connectivity index (χ4v) is 3.68. The van der Waals surface area contributed by atoms with Crippen molar-refractivity contribution in [3.05, 3.63) is 59.7 Å². The predicted octanol–water partition coefficient (Wildman–Crippen LogP) is 3.33. The highest BCUT2D eigenvalue weighted by Gasteiger charge is 2.27. The Morgan fingerprint density at radius 3 is 2.50 bits per heavy atom. The van der Waals surface area contributed by atoms with Crippen LogP contribution in [-0.2, 0) is 22.4 Å². The van der Waals surface area contributed by atoms with Crippen LogP contribution in [0.1, 0.15) is 37.8 Å². The van der Waals surface area contributed by atoms with Crippen molar-refractivity contribution in [2.75, 3.05) is 19.9 Å². The van der Waals surface area contributed by atoms with Crippen LogP contribution in [-0.4, -0.2) is 42.6 Å². The summed E-state index contributed by atoms with van der Waals surface area (Å²) >= 11 is 0. The number of fused-ring (bicyclic) bond motifs is 1. The van der Waals surface area contributed by atoms with E-state index in [4.69, 9.17) is 9.47 Å². The molecule has 1 aliphatic heterocycles. The first-order valence-electron chi connectivity index (χ1n) is 10.6. The van der Waals surface area contributed by atoms with Crippen molar-refractivity contribution >= 4 is 11.8 Å². The number of hydrogen-bond acceptors (Lipinski definition) is 4. The molecule has 30 heavy (non-hydrogen) atoms. The second-order valence-corrected chi connectivity index (χ2v) is 7.33. The summed E-state index contributed by atoms with van der Waals surface area (Å²) in [6, 6.07) is 15.3. The summed E-state index contributed by atoms with van der Waals surface area (Å²) in [4.78, 5) is 27.5. The summed E-state index contributed by atoms with van der Waals surface area (Å²) in [5.74, 6) is 1.35. The Kier molecular flexibility index (Phi) is 7.71. The molecule has 0 saturated carbocycles. The monoisotopic (exact) mass is 410 g/mol. The van der Waals surface area contributed by atoms with E-state index in [0.29, 0.717) is 38.8 Å².